The van der Waals surface area contributed by atoms with Gasteiger partial charge in [0.05, 0.1) is 5.69 Å². The summed E-state index contributed by atoms with van der Waals surface area (Å²) in [5.74, 6) is -0.363. The molecule has 0 saturated carbocycles. The van der Waals surface area contributed by atoms with E-state index in [1.54, 1.807) is 4.68 Å². The maximum Gasteiger partial charge on any atom is 0.189 e. The number of nitrogens with two attached hydrogens (primary N) is 1. The first-order chi connectivity index (χ1) is 5.79. The van der Waals surface area contributed by atoms with Crippen molar-refractivity contribution in [2.24, 2.45) is 0 Å². The minimum Gasteiger partial charge on any atom is -0.380 e. The van der Waals surface area contributed by atoms with Crippen LogP contribution in [-0.4, -0.2) is 16.3 Å². The first-order valence-electron chi connectivity index (χ1n) is 4.00. The van der Waals surface area contributed by atoms with E-state index in [-0.39, 0.29) is 11.6 Å². The summed E-state index contributed by atoms with van der Waals surface area (Å²) < 4.78 is 14.8. The van der Waals surface area contributed by atoms with Gasteiger partial charge in [-0.05, 0) is 13.0 Å². The number of nitrogens with zero attached hydrogens (tertiary/aromatic N) is 2. The fraction of sp³-hybridized carbons (Fsp3) is 0.571. The first-order valence-corrected chi connectivity index (χ1v) is 4.00. The maximum atomic E-state index is 13.2. The molecule has 0 spiro atoms. The van der Waals surface area contributed by atoms with E-state index in [2.05, 4.69) is 10.4 Å². The molecule has 1 aromatic rings. The Balaban J connectivity index is 2.42. The van der Waals surface area contributed by atoms with Gasteiger partial charge in [0.25, 0.3) is 0 Å². The molecule has 2 rings (SSSR count). The molecule has 1 aliphatic rings. The number of hydrogen-bond acceptors (Lipinski definition) is 3. The van der Waals surface area contributed by atoms with Crippen LogP contribution >= 0.6 is 0 Å². The zero-order valence-electron chi connectivity index (χ0n) is 6.68. The summed E-state index contributed by atoms with van der Waals surface area (Å²) in [7, 11) is 0. The zero-order valence-corrected chi connectivity index (χ0v) is 6.68. The molecule has 66 valence electrons. The third-order valence-corrected chi connectivity index (χ3v) is 2.03. The summed E-state index contributed by atoms with van der Waals surface area (Å²) in [6.07, 6.45) is 0.966. The van der Waals surface area contributed by atoms with Crippen molar-refractivity contribution in [3.8, 4) is 0 Å². The third-order valence-electron chi connectivity index (χ3n) is 2.03. The summed E-state index contributed by atoms with van der Waals surface area (Å²) in [5.41, 5.74) is 5.91. The fourth-order valence-electron chi connectivity index (χ4n) is 1.41. The molecule has 0 aliphatic carbocycles. The molecule has 0 unspecified atom stereocenters. The number of aryl methyl sites for hydroxylation is 1. The second-order valence-electron chi connectivity index (χ2n) is 2.90. The van der Waals surface area contributed by atoms with Crippen LogP contribution in [0.3, 0.4) is 0 Å². The number of aromatic nitrogens is 2. The van der Waals surface area contributed by atoms with Gasteiger partial charge in [-0.3, -0.25) is 4.68 Å². The third kappa shape index (κ3) is 1.06. The Hall–Kier alpha value is -1.10. The number of anilines is 1. The van der Waals surface area contributed by atoms with Crippen molar-refractivity contribution >= 4 is 5.82 Å². The quantitative estimate of drug-likeness (QED) is 0.580. The van der Waals surface area contributed by atoms with E-state index in [0.29, 0.717) is 12.2 Å². The van der Waals surface area contributed by atoms with Crippen LogP contribution in [-0.2, 0) is 13.1 Å². The van der Waals surface area contributed by atoms with Crippen LogP contribution in [0.1, 0.15) is 12.1 Å². The Bertz CT molecular complexity index is 294. The SMILES string of the molecule is Nc1nn2c(c1F)CNCCC2. The van der Waals surface area contributed by atoms with Crippen molar-refractivity contribution < 1.29 is 4.39 Å². The minimum absolute atomic E-state index is 0.00806. The van der Waals surface area contributed by atoms with Crippen LogP contribution in [0.15, 0.2) is 0 Å². The number of nitrogen functional groups attached to an aromatic ring is 1. The van der Waals surface area contributed by atoms with E-state index in [0.717, 1.165) is 19.5 Å². The highest BCUT2D eigenvalue weighted by Crippen LogP contribution is 2.15. The van der Waals surface area contributed by atoms with Gasteiger partial charge in [0.2, 0.25) is 0 Å². The summed E-state index contributed by atoms with van der Waals surface area (Å²) in [6.45, 7) is 2.18. The Morgan fingerprint density at radius 2 is 2.42 bits per heavy atom. The second-order valence-corrected chi connectivity index (χ2v) is 2.90. The van der Waals surface area contributed by atoms with Crippen molar-refractivity contribution in [3.05, 3.63) is 11.5 Å². The van der Waals surface area contributed by atoms with Gasteiger partial charge in [-0.25, -0.2) is 4.39 Å². The van der Waals surface area contributed by atoms with Crippen molar-refractivity contribution in [2.45, 2.75) is 19.5 Å². The first kappa shape index (κ1) is 7.54. The summed E-state index contributed by atoms with van der Waals surface area (Å²) >= 11 is 0. The lowest BCUT2D eigenvalue weighted by Crippen LogP contribution is -2.13. The van der Waals surface area contributed by atoms with Gasteiger partial charge in [-0.1, -0.05) is 0 Å². The second kappa shape index (κ2) is 2.75. The topological polar surface area (TPSA) is 55.9 Å². The Kier molecular flexibility index (Phi) is 1.73. The van der Waals surface area contributed by atoms with Gasteiger partial charge in [0.15, 0.2) is 11.6 Å². The van der Waals surface area contributed by atoms with E-state index in [4.69, 9.17) is 5.73 Å². The molecule has 0 saturated heterocycles. The van der Waals surface area contributed by atoms with Crippen LogP contribution in [0, 0.1) is 5.82 Å². The van der Waals surface area contributed by atoms with Gasteiger partial charge in [0.1, 0.15) is 0 Å². The predicted molar refractivity (Wildman–Crippen MR) is 42.9 cm³/mol. The van der Waals surface area contributed by atoms with Crippen LogP contribution in [0.4, 0.5) is 10.2 Å². The molecular weight excluding hydrogens is 159 g/mol. The minimum atomic E-state index is -0.371. The van der Waals surface area contributed by atoms with Crippen LogP contribution in [0.5, 0.6) is 0 Å². The van der Waals surface area contributed by atoms with E-state index >= 15 is 0 Å². The average molecular weight is 170 g/mol. The molecular formula is C7H11FN4. The van der Waals surface area contributed by atoms with Crippen LogP contribution < -0.4 is 11.1 Å². The predicted octanol–water partition coefficient (Wildman–Crippen LogP) is 0.0977. The van der Waals surface area contributed by atoms with Crippen LogP contribution in [0.25, 0.3) is 0 Å². The van der Waals surface area contributed by atoms with E-state index < -0.39 is 0 Å². The van der Waals surface area contributed by atoms with Crippen molar-refractivity contribution in [2.75, 3.05) is 12.3 Å². The normalized spacial score (nSPS) is 17.1. The number of hydrogen-bond donors (Lipinski definition) is 2. The Morgan fingerprint density at radius 3 is 3.25 bits per heavy atom. The number of fused-ring (bicyclic) bond motifs is 1. The van der Waals surface area contributed by atoms with E-state index in [1.807, 2.05) is 0 Å². The lowest BCUT2D eigenvalue weighted by atomic mass is 10.4. The van der Waals surface area contributed by atoms with Crippen molar-refractivity contribution in [1.82, 2.24) is 15.1 Å². The fourth-order valence-corrected chi connectivity index (χ4v) is 1.41. The molecule has 0 aromatic carbocycles. The largest absolute Gasteiger partial charge is 0.380 e. The molecule has 0 radical (unpaired) electrons. The zero-order chi connectivity index (χ0) is 8.55. The summed E-state index contributed by atoms with van der Waals surface area (Å²) in [6, 6.07) is 0. The summed E-state index contributed by atoms with van der Waals surface area (Å²) in [5, 5.41) is 6.99. The molecule has 1 aromatic heterocycles. The molecule has 0 atom stereocenters. The number of nitrogens with one attached hydrogen (secondary N) is 1. The van der Waals surface area contributed by atoms with Gasteiger partial charge in [-0.2, -0.15) is 5.10 Å². The van der Waals surface area contributed by atoms with E-state index in [1.165, 1.54) is 0 Å². The highest BCUT2D eigenvalue weighted by molar-refractivity contribution is 5.32. The molecule has 2 heterocycles. The number of rotatable bonds is 0. The van der Waals surface area contributed by atoms with Crippen molar-refractivity contribution in [1.29, 1.82) is 0 Å². The highest BCUT2D eigenvalue weighted by Gasteiger charge is 2.16. The van der Waals surface area contributed by atoms with Gasteiger partial charge >= 0.3 is 0 Å². The maximum absolute atomic E-state index is 13.2. The van der Waals surface area contributed by atoms with Crippen molar-refractivity contribution in [3.63, 3.8) is 0 Å². The summed E-state index contributed by atoms with van der Waals surface area (Å²) in [4.78, 5) is 0. The molecule has 3 N–H and O–H groups in total. The Labute approximate surface area is 69.5 Å². The molecule has 1 aliphatic heterocycles. The molecule has 5 heteroatoms. The smallest absolute Gasteiger partial charge is 0.189 e. The van der Waals surface area contributed by atoms with Gasteiger partial charge in [0, 0.05) is 13.1 Å². The van der Waals surface area contributed by atoms with Gasteiger partial charge < -0.3 is 11.1 Å². The molecule has 12 heavy (non-hydrogen) atoms. The number of halogens is 1. The molecule has 0 amide bonds. The molecule has 0 bridgehead atoms. The highest BCUT2D eigenvalue weighted by atomic mass is 19.1. The van der Waals surface area contributed by atoms with E-state index in [9.17, 15) is 4.39 Å². The Morgan fingerprint density at radius 1 is 1.58 bits per heavy atom. The van der Waals surface area contributed by atoms with Gasteiger partial charge in [-0.15, -0.1) is 0 Å². The lowest BCUT2D eigenvalue weighted by molar-refractivity contribution is 0.572. The lowest BCUT2D eigenvalue weighted by Gasteiger charge is -1.98. The standard InChI is InChI=1S/C7H11FN4/c8-6-5-4-10-2-1-3-12(5)11-7(6)9/h10H,1-4H2,(H2,9,11). The monoisotopic (exact) mass is 170 g/mol. The van der Waals surface area contributed by atoms with Crippen LogP contribution in [0.2, 0.25) is 0 Å². The average Bonchev–Trinajstić information content (AvgIpc) is 2.30. The molecule has 0 fully saturated rings. The molecule has 4 nitrogen and oxygen atoms in total.